The molecule has 0 fully saturated rings. The normalized spacial score (nSPS) is 16.2. The molecule has 0 saturated heterocycles. The minimum absolute atomic E-state index is 0.130. The van der Waals surface area contributed by atoms with Crippen molar-refractivity contribution in [3.63, 3.8) is 0 Å². The number of likely N-dealkylation sites (N-methyl/N-ethyl adjacent to an activating group) is 1. The van der Waals surface area contributed by atoms with E-state index in [0.29, 0.717) is 18.0 Å². The minimum Gasteiger partial charge on any atom is -0.495 e. The van der Waals surface area contributed by atoms with Crippen LogP contribution in [0, 0.1) is 0 Å². The van der Waals surface area contributed by atoms with E-state index in [1.807, 2.05) is 25.1 Å². The van der Waals surface area contributed by atoms with Gasteiger partial charge in [-0.25, -0.2) is 9.36 Å². The fraction of sp³-hybridized carbons (Fsp3) is 0.250. The van der Waals surface area contributed by atoms with Crippen molar-refractivity contribution in [3.05, 3.63) is 86.2 Å². The molecule has 4 aromatic rings. The maximum Gasteiger partial charge on any atom is 0.335 e. The number of aromatic hydroxyl groups is 1. The number of rotatable bonds is 4. The van der Waals surface area contributed by atoms with Gasteiger partial charge in [-0.3, -0.25) is 14.7 Å². The molecule has 0 unspecified atom stereocenters. The number of aromatic amines is 2. The van der Waals surface area contributed by atoms with Crippen LogP contribution in [-0.2, 0) is 6.42 Å². The molecule has 1 aliphatic heterocycles. The standard InChI is InChI=1S/C24H24N4O4/c1-3-27-13-12-15-14-8-4-5-9-16(14)25-20(15)21(27)19-22(29)26-24(31)28(23(19)30)17-10-6-7-11-18(17)32-2/h4-11,21,25,30H,3,12-13H2,1-2H3,(H,26,29,31)/t21-/m1/s1. The Morgan fingerprint density at radius 1 is 1.09 bits per heavy atom. The van der Waals surface area contributed by atoms with Crippen LogP contribution < -0.4 is 16.0 Å². The van der Waals surface area contributed by atoms with Crippen molar-refractivity contribution in [2.75, 3.05) is 20.2 Å². The minimum atomic E-state index is -0.725. The fourth-order valence-electron chi connectivity index (χ4n) is 4.78. The molecule has 0 amide bonds. The summed E-state index contributed by atoms with van der Waals surface area (Å²) in [5.41, 5.74) is 2.13. The van der Waals surface area contributed by atoms with Gasteiger partial charge in [-0.1, -0.05) is 37.3 Å². The summed E-state index contributed by atoms with van der Waals surface area (Å²) in [6.07, 6.45) is 0.828. The molecule has 3 heterocycles. The second-order valence-electron chi connectivity index (χ2n) is 7.85. The summed E-state index contributed by atoms with van der Waals surface area (Å²) in [7, 11) is 1.49. The fourth-order valence-corrected chi connectivity index (χ4v) is 4.78. The van der Waals surface area contributed by atoms with Crippen LogP contribution in [0.15, 0.2) is 58.1 Å². The number of hydrogen-bond acceptors (Lipinski definition) is 5. The number of nitrogens with zero attached hydrogens (tertiary/aromatic N) is 2. The van der Waals surface area contributed by atoms with Gasteiger partial charge in [-0.15, -0.1) is 0 Å². The molecule has 0 bridgehead atoms. The van der Waals surface area contributed by atoms with Crippen LogP contribution in [0.4, 0.5) is 0 Å². The number of H-pyrrole nitrogens is 2. The van der Waals surface area contributed by atoms with E-state index >= 15 is 0 Å². The van der Waals surface area contributed by atoms with Crippen LogP contribution in [0.25, 0.3) is 16.6 Å². The Bertz CT molecular complexity index is 1430. The molecular weight excluding hydrogens is 408 g/mol. The molecule has 0 saturated carbocycles. The summed E-state index contributed by atoms with van der Waals surface area (Å²) in [4.78, 5) is 33.8. The summed E-state index contributed by atoms with van der Waals surface area (Å²) in [6.45, 7) is 3.41. The third kappa shape index (κ3) is 2.95. The van der Waals surface area contributed by atoms with E-state index < -0.39 is 23.2 Å². The van der Waals surface area contributed by atoms with Crippen molar-refractivity contribution in [3.8, 4) is 17.3 Å². The molecule has 164 valence electrons. The quantitative estimate of drug-likeness (QED) is 0.460. The average Bonchev–Trinajstić information content (AvgIpc) is 3.18. The number of fused-ring (bicyclic) bond motifs is 3. The first-order chi connectivity index (χ1) is 15.5. The van der Waals surface area contributed by atoms with Crippen molar-refractivity contribution in [1.82, 2.24) is 19.4 Å². The van der Waals surface area contributed by atoms with Crippen LogP contribution >= 0.6 is 0 Å². The average molecular weight is 432 g/mol. The van der Waals surface area contributed by atoms with Crippen LogP contribution in [0.3, 0.4) is 0 Å². The van der Waals surface area contributed by atoms with Crippen molar-refractivity contribution in [1.29, 1.82) is 0 Å². The van der Waals surface area contributed by atoms with Crippen molar-refractivity contribution in [2.24, 2.45) is 0 Å². The lowest BCUT2D eigenvalue weighted by atomic mass is 9.93. The molecule has 0 radical (unpaired) electrons. The Kier molecular flexibility index (Phi) is 4.86. The summed E-state index contributed by atoms with van der Waals surface area (Å²) in [6, 6.07) is 14.4. The summed E-state index contributed by atoms with van der Waals surface area (Å²) in [5.74, 6) is 0.0170. The molecule has 2 aromatic carbocycles. The van der Waals surface area contributed by atoms with E-state index in [2.05, 4.69) is 20.9 Å². The highest BCUT2D eigenvalue weighted by Crippen LogP contribution is 2.40. The van der Waals surface area contributed by atoms with Crippen LogP contribution in [-0.4, -0.2) is 44.7 Å². The number of nitrogens with one attached hydrogen (secondary N) is 2. The van der Waals surface area contributed by atoms with Crippen molar-refractivity contribution in [2.45, 2.75) is 19.4 Å². The van der Waals surface area contributed by atoms with E-state index in [0.717, 1.165) is 39.7 Å². The molecule has 32 heavy (non-hydrogen) atoms. The van der Waals surface area contributed by atoms with E-state index in [9.17, 15) is 14.7 Å². The Balaban J connectivity index is 1.80. The lowest BCUT2D eigenvalue weighted by Gasteiger charge is -2.35. The highest BCUT2D eigenvalue weighted by molar-refractivity contribution is 5.85. The van der Waals surface area contributed by atoms with Gasteiger partial charge >= 0.3 is 5.69 Å². The molecule has 0 spiro atoms. The number of ether oxygens (including phenoxy) is 1. The first-order valence-electron chi connectivity index (χ1n) is 10.6. The zero-order valence-electron chi connectivity index (χ0n) is 17.9. The van der Waals surface area contributed by atoms with Gasteiger partial charge in [0, 0.05) is 23.1 Å². The molecule has 8 heteroatoms. The molecule has 2 aromatic heterocycles. The second-order valence-corrected chi connectivity index (χ2v) is 7.85. The Hall–Kier alpha value is -3.78. The number of benzene rings is 2. The number of para-hydroxylation sites is 3. The topological polar surface area (TPSA) is 103 Å². The lowest BCUT2D eigenvalue weighted by molar-refractivity contribution is 0.215. The largest absolute Gasteiger partial charge is 0.495 e. The molecule has 1 aliphatic rings. The Labute approximate surface area is 183 Å². The maximum absolute atomic E-state index is 13.1. The number of methoxy groups -OCH3 is 1. The third-order valence-corrected chi connectivity index (χ3v) is 6.26. The first-order valence-corrected chi connectivity index (χ1v) is 10.6. The van der Waals surface area contributed by atoms with Gasteiger partial charge in [0.2, 0.25) is 5.88 Å². The van der Waals surface area contributed by atoms with Gasteiger partial charge in [0.1, 0.15) is 11.3 Å². The molecule has 8 nitrogen and oxygen atoms in total. The third-order valence-electron chi connectivity index (χ3n) is 6.26. The van der Waals surface area contributed by atoms with E-state index in [4.69, 9.17) is 4.74 Å². The molecule has 3 N–H and O–H groups in total. The Morgan fingerprint density at radius 3 is 2.62 bits per heavy atom. The van der Waals surface area contributed by atoms with Gasteiger partial charge < -0.3 is 14.8 Å². The van der Waals surface area contributed by atoms with Gasteiger partial charge in [0.15, 0.2) is 0 Å². The zero-order chi connectivity index (χ0) is 22.4. The number of hydrogen-bond donors (Lipinski definition) is 3. The van der Waals surface area contributed by atoms with Crippen molar-refractivity contribution >= 4 is 10.9 Å². The lowest BCUT2D eigenvalue weighted by Crippen LogP contribution is -2.41. The second kappa shape index (κ2) is 7.72. The van der Waals surface area contributed by atoms with Gasteiger partial charge in [0.25, 0.3) is 5.56 Å². The number of aromatic nitrogens is 3. The monoisotopic (exact) mass is 432 g/mol. The van der Waals surface area contributed by atoms with Crippen LogP contribution in [0.2, 0.25) is 0 Å². The van der Waals surface area contributed by atoms with Crippen LogP contribution in [0.1, 0.15) is 29.8 Å². The van der Waals surface area contributed by atoms with E-state index in [1.165, 1.54) is 7.11 Å². The highest BCUT2D eigenvalue weighted by Gasteiger charge is 2.36. The van der Waals surface area contributed by atoms with E-state index in [1.54, 1.807) is 24.3 Å². The predicted molar refractivity (Wildman–Crippen MR) is 122 cm³/mol. The van der Waals surface area contributed by atoms with Gasteiger partial charge in [-0.2, -0.15) is 0 Å². The maximum atomic E-state index is 13.1. The van der Waals surface area contributed by atoms with Gasteiger partial charge in [-0.05, 0) is 36.7 Å². The SMILES string of the molecule is CCN1CCc2c([nH]c3ccccc23)[C@H]1c1c(O)n(-c2ccccc2OC)c(=O)[nH]c1=O. The van der Waals surface area contributed by atoms with Gasteiger partial charge in [0.05, 0.1) is 18.8 Å². The summed E-state index contributed by atoms with van der Waals surface area (Å²) >= 11 is 0. The zero-order valence-corrected chi connectivity index (χ0v) is 17.9. The predicted octanol–water partition coefficient (Wildman–Crippen LogP) is 2.69. The van der Waals surface area contributed by atoms with Crippen LogP contribution in [0.5, 0.6) is 11.6 Å². The summed E-state index contributed by atoms with van der Waals surface area (Å²) < 4.78 is 6.48. The van der Waals surface area contributed by atoms with Crippen molar-refractivity contribution < 1.29 is 9.84 Å². The summed E-state index contributed by atoms with van der Waals surface area (Å²) in [5, 5.41) is 12.4. The Morgan fingerprint density at radius 2 is 1.84 bits per heavy atom. The molecule has 5 rings (SSSR count). The first kappa shape index (κ1) is 20.1. The molecular formula is C24H24N4O4. The molecule has 0 aliphatic carbocycles. The molecule has 1 atom stereocenters. The van der Waals surface area contributed by atoms with E-state index in [-0.39, 0.29) is 5.56 Å². The smallest absolute Gasteiger partial charge is 0.335 e. The highest BCUT2D eigenvalue weighted by atomic mass is 16.5.